The summed E-state index contributed by atoms with van der Waals surface area (Å²) in [4.78, 5) is 0. The molecule has 0 fully saturated rings. The number of aromatic amines is 1. The van der Waals surface area contributed by atoms with Gasteiger partial charge in [0, 0.05) is 18.9 Å². The van der Waals surface area contributed by atoms with E-state index in [1.807, 2.05) is 0 Å². The molecule has 5 heteroatoms. The second-order valence-electron chi connectivity index (χ2n) is 2.21. The minimum atomic E-state index is 0.0127. The maximum Gasteiger partial charge on any atom is 0.0724 e. The molecule has 0 spiro atoms. The molecular formula is C6H12N4O. The molecule has 1 atom stereocenters. The molecule has 1 aromatic heterocycles. The van der Waals surface area contributed by atoms with E-state index >= 15 is 0 Å². The molecular weight excluding hydrogens is 144 g/mol. The van der Waals surface area contributed by atoms with Crippen LogP contribution in [-0.2, 0) is 4.74 Å². The predicted octanol–water partition coefficient (Wildman–Crippen LogP) is -0.439. The summed E-state index contributed by atoms with van der Waals surface area (Å²) in [5.41, 5.74) is 3.62. The molecule has 1 aromatic rings. The van der Waals surface area contributed by atoms with Gasteiger partial charge in [-0.1, -0.05) is 0 Å². The maximum absolute atomic E-state index is 5.28. The fourth-order valence-electron chi connectivity index (χ4n) is 0.859. The van der Waals surface area contributed by atoms with E-state index in [4.69, 9.17) is 10.6 Å². The van der Waals surface area contributed by atoms with E-state index in [0.717, 1.165) is 5.56 Å². The second kappa shape index (κ2) is 4.07. The van der Waals surface area contributed by atoms with Crippen LogP contribution < -0.4 is 11.3 Å². The van der Waals surface area contributed by atoms with Crippen LogP contribution >= 0.6 is 0 Å². The molecule has 0 aromatic carbocycles. The smallest absolute Gasteiger partial charge is 0.0724 e. The fraction of sp³-hybridized carbons (Fsp3) is 0.500. The molecule has 0 saturated carbocycles. The molecule has 62 valence electrons. The number of aromatic nitrogens is 2. The Morgan fingerprint density at radius 1 is 1.91 bits per heavy atom. The first-order chi connectivity index (χ1) is 5.38. The monoisotopic (exact) mass is 156 g/mol. The molecule has 4 N–H and O–H groups in total. The van der Waals surface area contributed by atoms with Crippen molar-refractivity contribution in [1.29, 1.82) is 0 Å². The van der Waals surface area contributed by atoms with E-state index in [0.29, 0.717) is 6.61 Å². The fourth-order valence-corrected chi connectivity index (χ4v) is 0.859. The highest BCUT2D eigenvalue weighted by atomic mass is 16.5. The number of nitrogens with two attached hydrogens (primary N) is 1. The first-order valence-electron chi connectivity index (χ1n) is 3.32. The van der Waals surface area contributed by atoms with Crippen LogP contribution in [0.15, 0.2) is 12.4 Å². The van der Waals surface area contributed by atoms with Crippen LogP contribution in [0.1, 0.15) is 11.6 Å². The molecule has 0 bridgehead atoms. The zero-order valence-electron chi connectivity index (χ0n) is 6.37. The maximum atomic E-state index is 5.28. The lowest BCUT2D eigenvalue weighted by atomic mass is 10.2. The van der Waals surface area contributed by atoms with Crippen molar-refractivity contribution < 1.29 is 4.74 Å². The number of hydrogen-bond donors (Lipinski definition) is 3. The Balaban J connectivity index is 2.56. The quantitative estimate of drug-likeness (QED) is 0.408. The zero-order chi connectivity index (χ0) is 8.10. The highest BCUT2D eigenvalue weighted by molar-refractivity contribution is 5.08. The molecule has 0 saturated heterocycles. The van der Waals surface area contributed by atoms with Crippen LogP contribution in [0.4, 0.5) is 0 Å². The topological polar surface area (TPSA) is 76.0 Å². The van der Waals surface area contributed by atoms with E-state index in [-0.39, 0.29) is 6.04 Å². The van der Waals surface area contributed by atoms with Gasteiger partial charge in [-0.3, -0.25) is 16.4 Å². The summed E-state index contributed by atoms with van der Waals surface area (Å²) in [6.45, 7) is 0.538. The largest absolute Gasteiger partial charge is 0.383 e. The predicted molar refractivity (Wildman–Crippen MR) is 40.5 cm³/mol. The van der Waals surface area contributed by atoms with Crippen molar-refractivity contribution >= 4 is 0 Å². The third kappa shape index (κ3) is 2.01. The zero-order valence-corrected chi connectivity index (χ0v) is 6.37. The third-order valence-electron chi connectivity index (χ3n) is 1.46. The Hall–Kier alpha value is -0.910. The molecule has 0 amide bonds. The molecule has 0 aliphatic rings. The highest BCUT2D eigenvalue weighted by Gasteiger charge is 2.08. The normalized spacial score (nSPS) is 13.3. The Morgan fingerprint density at radius 3 is 3.18 bits per heavy atom. The van der Waals surface area contributed by atoms with Gasteiger partial charge in [0.15, 0.2) is 0 Å². The molecule has 0 aliphatic heterocycles. The van der Waals surface area contributed by atoms with Gasteiger partial charge in [0.05, 0.1) is 18.8 Å². The van der Waals surface area contributed by atoms with Crippen LogP contribution in [0.5, 0.6) is 0 Å². The van der Waals surface area contributed by atoms with Gasteiger partial charge >= 0.3 is 0 Å². The van der Waals surface area contributed by atoms with Gasteiger partial charge in [-0.25, -0.2) is 0 Å². The standard InChI is InChI=1S/C6H12N4O/c1-11-4-6(10-7)5-2-8-9-3-5/h2-3,6,10H,4,7H2,1H3,(H,8,9). The molecule has 1 rings (SSSR count). The average molecular weight is 156 g/mol. The first-order valence-corrected chi connectivity index (χ1v) is 3.32. The van der Waals surface area contributed by atoms with Crippen molar-refractivity contribution in [3.05, 3.63) is 18.0 Å². The number of hydrogen-bond acceptors (Lipinski definition) is 4. The van der Waals surface area contributed by atoms with Gasteiger partial charge in [0.25, 0.3) is 0 Å². The summed E-state index contributed by atoms with van der Waals surface area (Å²) in [6, 6.07) is 0.0127. The first kappa shape index (κ1) is 8.19. The number of ether oxygens (including phenoxy) is 1. The van der Waals surface area contributed by atoms with Crippen LogP contribution in [0.3, 0.4) is 0 Å². The van der Waals surface area contributed by atoms with Gasteiger partial charge in [-0.05, 0) is 0 Å². The van der Waals surface area contributed by atoms with Crippen LogP contribution in [0, 0.1) is 0 Å². The van der Waals surface area contributed by atoms with Gasteiger partial charge in [0.1, 0.15) is 0 Å². The van der Waals surface area contributed by atoms with Crippen LogP contribution in [0.2, 0.25) is 0 Å². The lowest BCUT2D eigenvalue weighted by molar-refractivity contribution is 0.167. The van der Waals surface area contributed by atoms with Gasteiger partial charge < -0.3 is 4.74 Å². The summed E-state index contributed by atoms with van der Waals surface area (Å²) in [5.74, 6) is 5.28. The van der Waals surface area contributed by atoms with Gasteiger partial charge in [-0.15, -0.1) is 0 Å². The summed E-state index contributed by atoms with van der Waals surface area (Å²) in [5, 5.41) is 6.50. The van der Waals surface area contributed by atoms with E-state index in [1.165, 1.54) is 0 Å². The Labute approximate surface area is 64.9 Å². The number of H-pyrrole nitrogens is 1. The number of hydrazine groups is 1. The number of methoxy groups -OCH3 is 1. The lowest BCUT2D eigenvalue weighted by Crippen LogP contribution is -2.30. The minimum absolute atomic E-state index is 0.0127. The van der Waals surface area contributed by atoms with E-state index in [2.05, 4.69) is 15.6 Å². The van der Waals surface area contributed by atoms with Crippen molar-refractivity contribution in [2.45, 2.75) is 6.04 Å². The molecule has 1 unspecified atom stereocenters. The van der Waals surface area contributed by atoms with Crippen molar-refractivity contribution in [1.82, 2.24) is 15.6 Å². The summed E-state index contributed by atoms with van der Waals surface area (Å²) in [6.07, 6.45) is 3.49. The number of nitrogens with one attached hydrogen (secondary N) is 2. The average Bonchev–Trinajstić information content (AvgIpc) is 2.52. The van der Waals surface area contributed by atoms with Gasteiger partial charge in [-0.2, -0.15) is 5.10 Å². The summed E-state index contributed by atoms with van der Waals surface area (Å²) < 4.78 is 4.93. The Kier molecular flexibility index (Phi) is 3.03. The van der Waals surface area contributed by atoms with Crippen LogP contribution in [0.25, 0.3) is 0 Å². The molecule has 5 nitrogen and oxygen atoms in total. The summed E-state index contributed by atoms with van der Waals surface area (Å²) in [7, 11) is 1.63. The van der Waals surface area contributed by atoms with Crippen molar-refractivity contribution in [3.8, 4) is 0 Å². The molecule has 0 aliphatic carbocycles. The third-order valence-corrected chi connectivity index (χ3v) is 1.46. The molecule has 11 heavy (non-hydrogen) atoms. The van der Waals surface area contributed by atoms with E-state index in [1.54, 1.807) is 19.5 Å². The minimum Gasteiger partial charge on any atom is -0.383 e. The molecule has 1 heterocycles. The van der Waals surface area contributed by atoms with Gasteiger partial charge in [0.2, 0.25) is 0 Å². The van der Waals surface area contributed by atoms with Crippen molar-refractivity contribution in [2.75, 3.05) is 13.7 Å². The summed E-state index contributed by atoms with van der Waals surface area (Å²) >= 11 is 0. The van der Waals surface area contributed by atoms with Crippen molar-refractivity contribution in [3.63, 3.8) is 0 Å². The second-order valence-corrected chi connectivity index (χ2v) is 2.21. The SMILES string of the molecule is COCC(NN)c1cn[nH]c1. The van der Waals surface area contributed by atoms with Crippen molar-refractivity contribution in [2.24, 2.45) is 5.84 Å². The number of rotatable bonds is 4. The Morgan fingerprint density at radius 2 is 2.73 bits per heavy atom. The lowest BCUT2D eigenvalue weighted by Gasteiger charge is -2.11. The number of nitrogens with zero attached hydrogens (tertiary/aromatic N) is 1. The molecule has 0 radical (unpaired) electrons. The van der Waals surface area contributed by atoms with E-state index < -0.39 is 0 Å². The van der Waals surface area contributed by atoms with E-state index in [9.17, 15) is 0 Å². The van der Waals surface area contributed by atoms with Crippen LogP contribution in [-0.4, -0.2) is 23.9 Å². The Bertz CT molecular complexity index is 186. The highest BCUT2D eigenvalue weighted by Crippen LogP contribution is 2.08.